The highest BCUT2D eigenvalue weighted by Gasteiger charge is 2.31. The van der Waals surface area contributed by atoms with Crippen LogP contribution < -0.4 is 10.6 Å². The largest absolute Gasteiger partial charge is 0.480 e. The van der Waals surface area contributed by atoms with Gasteiger partial charge in [-0.1, -0.05) is 13.0 Å². The molecule has 2 aliphatic heterocycles. The molecule has 1 aromatic rings. The monoisotopic (exact) mass is 374 g/mol. The molecule has 0 aromatic carbocycles. The molecule has 27 heavy (non-hydrogen) atoms. The summed E-state index contributed by atoms with van der Waals surface area (Å²) in [6, 6.07) is 4.25. The molecule has 1 fully saturated rings. The van der Waals surface area contributed by atoms with Gasteiger partial charge >= 0.3 is 5.97 Å². The lowest BCUT2D eigenvalue weighted by atomic mass is 9.92. The molecule has 1 amide bonds. The molecule has 0 radical (unpaired) electrons. The molecular formula is C20H30N4O3. The third-order valence-corrected chi connectivity index (χ3v) is 5.65. The van der Waals surface area contributed by atoms with Crippen LogP contribution >= 0.6 is 0 Å². The van der Waals surface area contributed by atoms with E-state index in [0.29, 0.717) is 13.1 Å². The van der Waals surface area contributed by atoms with Gasteiger partial charge in [0.05, 0.1) is 6.54 Å². The van der Waals surface area contributed by atoms with E-state index in [0.717, 1.165) is 56.7 Å². The molecule has 1 aromatic heterocycles. The number of aliphatic carboxylic acids is 1. The molecule has 0 spiro atoms. The summed E-state index contributed by atoms with van der Waals surface area (Å²) < 4.78 is 0. The lowest BCUT2D eigenvalue weighted by Crippen LogP contribution is -2.35. The highest BCUT2D eigenvalue weighted by Crippen LogP contribution is 2.24. The van der Waals surface area contributed by atoms with Gasteiger partial charge in [-0.15, -0.1) is 0 Å². The molecule has 148 valence electrons. The van der Waals surface area contributed by atoms with Crippen LogP contribution in [0.1, 0.15) is 37.4 Å². The number of pyridine rings is 1. The molecular weight excluding hydrogens is 344 g/mol. The van der Waals surface area contributed by atoms with Gasteiger partial charge in [-0.25, -0.2) is 4.98 Å². The van der Waals surface area contributed by atoms with Crippen molar-refractivity contribution < 1.29 is 14.7 Å². The standard InChI is InChI=1S/C20H30N4O3/c1-14(16-8-11-24(12-16)13-18(25)26)20(27)22-10-3-5-17-7-6-15-4-2-9-21-19(15)23-17/h6-7,14,16H,2-5,8-13H2,1H3,(H,21,23)(H,22,27)(H,25,26)/t14-,16+/m0/s1. The van der Waals surface area contributed by atoms with E-state index >= 15 is 0 Å². The van der Waals surface area contributed by atoms with Crippen LogP contribution in [0.3, 0.4) is 0 Å². The number of amides is 1. The lowest BCUT2D eigenvalue weighted by molar-refractivity contribution is -0.138. The molecule has 3 rings (SSSR count). The van der Waals surface area contributed by atoms with Crippen LogP contribution in [0, 0.1) is 11.8 Å². The summed E-state index contributed by atoms with van der Waals surface area (Å²) >= 11 is 0. The van der Waals surface area contributed by atoms with Crippen LogP contribution in [0.2, 0.25) is 0 Å². The van der Waals surface area contributed by atoms with Crippen LogP contribution in [-0.2, 0) is 22.4 Å². The second kappa shape index (κ2) is 9.17. The molecule has 2 aliphatic rings. The summed E-state index contributed by atoms with van der Waals surface area (Å²) in [5, 5.41) is 15.3. The second-order valence-electron chi connectivity index (χ2n) is 7.70. The Hall–Kier alpha value is -2.15. The number of rotatable bonds is 8. The highest BCUT2D eigenvalue weighted by molar-refractivity contribution is 5.78. The van der Waals surface area contributed by atoms with Crippen molar-refractivity contribution in [3.8, 4) is 0 Å². The molecule has 3 heterocycles. The van der Waals surface area contributed by atoms with Crippen LogP contribution in [-0.4, -0.2) is 59.6 Å². The number of aromatic nitrogens is 1. The predicted molar refractivity (Wildman–Crippen MR) is 104 cm³/mol. The maximum Gasteiger partial charge on any atom is 0.317 e. The van der Waals surface area contributed by atoms with Crippen molar-refractivity contribution in [2.75, 3.05) is 38.0 Å². The Morgan fingerprint density at radius 2 is 2.30 bits per heavy atom. The van der Waals surface area contributed by atoms with Crippen molar-refractivity contribution in [3.05, 3.63) is 23.4 Å². The number of carboxylic acids is 1. The van der Waals surface area contributed by atoms with Crippen LogP contribution in [0.25, 0.3) is 0 Å². The quantitative estimate of drug-likeness (QED) is 0.598. The number of hydrogen-bond donors (Lipinski definition) is 3. The van der Waals surface area contributed by atoms with E-state index in [-0.39, 0.29) is 24.3 Å². The summed E-state index contributed by atoms with van der Waals surface area (Å²) in [5.74, 6) is 0.423. The van der Waals surface area contributed by atoms with Crippen molar-refractivity contribution in [2.24, 2.45) is 11.8 Å². The first-order valence-corrected chi connectivity index (χ1v) is 9.97. The minimum Gasteiger partial charge on any atom is -0.480 e. The number of likely N-dealkylation sites (tertiary alicyclic amines) is 1. The summed E-state index contributed by atoms with van der Waals surface area (Å²) in [6.45, 7) is 5.08. The van der Waals surface area contributed by atoms with Crippen molar-refractivity contribution in [3.63, 3.8) is 0 Å². The molecule has 0 unspecified atom stereocenters. The van der Waals surface area contributed by atoms with E-state index < -0.39 is 5.97 Å². The van der Waals surface area contributed by atoms with Gasteiger partial charge in [-0.3, -0.25) is 14.5 Å². The molecule has 7 nitrogen and oxygen atoms in total. The maximum atomic E-state index is 12.4. The van der Waals surface area contributed by atoms with Gasteiger partial charge in [0, 0.05) is 31.2 Å². The number of aryl methyl sites for hydroxylation is 2. The fourth-order valence-corrected chi connectivity index (χ4v) is 3.97. The van der Waals surface area contributed by atoms with Crippen molar-refractivity contribution in [1.82, 2.24) is 15.2 Å². The molecule has 1 saturated heterocycles. The van der Waals surface area contributed by atoms with Gasteiger partial charge < -0.3 is 15.7 Å². The Kier molecular flexibility index (Phi) is 6.66. The first-order valence-electron chi connectivity index (χ1n) is 9.97. The molecule has 0 aliphatic carbocycles. The van der Waals surface area contributed by atoms with E-state index in [2.05, 4.69) is 27.8 Å². The smallest absolute Gasteiger partial charge is 0.317 e. The second-order valence-corrected chi connectivity index (χ2v) is 7.70. The number of carbonyl (C=O) groups excluding carboxylic acids is 1. The van der Waals surface area contributed by atoms with E-state index in [9.17, 15) is 9.59 Å². The summed E-state index contributed by atoms with van der Waals surface area (Å²) in [6.07, 6.45) is 4.84. The number of carbonyl (C=O) groups is 2. The molecule has 3 N–H and O–H groups in total. The third kappa shape index (κ3) is 5.42. The van der Waals surface area contributed by atoms with E-state index in [1.807, 2.05) is 11.8 Å². The number of anilines is 1. The van der Waals surface area contributed by atoms with Crippen molar-refractivity contribution in [1.29, 1.82) is 0 Å². The molecule has 7 heteroatoms. The van der Waals surface area contributed by atoms with Crippen molar-refractivity contribution >= 4 is 17.7 Å². The first kappa shape index (κ1) is 19.6. The Morgan fingerprint density at radius 3 is 3.11 bits per heavy atom. The lowest BCUT2D eigenvalue weighted by Gasteiger charge is -2.19. The number of nitrogens with one attached hydrogen (secondary N) is 2. The van der Waals surface area contributed by atoms with Gasteiger partial charge in [-0.05, 0) is 56.2 Å². The average molecular weight is 374 g/mol. The number of hydrogen-bond acceptors (Lipinski definition) is 5. The van der Waals surface area contributed by atoms with Crippen LogP contribution in [0.5, 0.6) is 0 Å². The summed E-state index contributed by atoms with van der Waals surface area (Å²) in [5.41, 5.74) is 2.35. The average Bonchev–Trinajstić information content (AvgIpc) is 3.12. The zero-order valence-electron chi connectivity index (χ0n) is 16.0. The fourth-order valence-electron chi connectivity index (χ4n) is 3.97. The van der Waals surface area contributed by atoms with Gasteiger partial charge in [0.25, 0.3) is 0 Å². The number of nitrogens with zero attached hydrogens (tertiary/aromatic N) is 2. The molecule has 0 bridgehead atoms. The van der Waals surface area contributed by atoms with E-state index in [1.54, 1.807) is 0 Å². The minimum absolute atomic E-state index is 0.0630. The maximum absolute atomic E-state index is 12.4. The zero-order valence-corrected chi connectivity index (χ0v) is 16.0. The minimum atomic E-state index is -0.807. The molecule has 2 atom stereocenters. The number of carboxylic acid groups (broad SMARTS) is 1. The third-order valence-electron chi connectivity index (χ3n) is 5.65. The van der Waals surface area contributed by atoms with Crippen molar-refractivity contribution in [2.45, 2.75) is 39.0 Å². The highest BCUT2D eigenvalue weighted by atomic mass is 16.4. The van der Waals surface area contributed by atoms with E-state index in [1.165, 1.54) is 5.56 Å². The summed E-state index contributed by atoms with van der Waals surface area (Å²) in [4.78, 5) is 29.8. The van der Waals surface area contributed by atoms with Gasteiger partial charge in [0.1, 0.15) is 5.82 Å². The predicted octanol–water partition coefficient (Wildman–Crippen LogP) is 1.53. The molecule has 0 saturated carbocycles. The zero-order chi connectivity index (χ0) is 19.2. The Morgan fingerprint density at radius 1 is 1.44 bits per heavy atom. The SMILES string of the molecule is C[C@H](C(=O)NCCCc1ccc2c(n1)NCCC2)[C@@H]1CCN(CC(=O)O)C1. The van der Waals surface area contributed by atoms with Crippen LogP contribution in [0.15, 0.2) is 12.1 Å². The first-order chi connectivity index (χ1) is 13.0. The van der Waals surface area contributed by atoms with Crippen LogP contribution in [0.4, 0.5) is 5.82 Å². The normalized spacial score (nSPS) is 20.6. The van der Waals surface area contributed by atoms with E-state index in [4.69, 9.17) is 5.11 Å². The summed E-state index contributed by atoms with van der Waals surface area (Å²) in [7, 11) is 0. The topological polar surface area (TPSA) is 94.6 Å². The van der Waals surface area contributed by atoms with Gasteiger partial charge in [-0.2, -0.15) is 0 Å². The Balaban J connectivity index is 1.37. The number of fused-ring (bicyclic) bond motifs is 1. The fraction of sp³-hybridized carbons (Fsp3) is 0.650. The Labute approximate surface area is 160 Å². The Bertz CT molecular complexity index is 679. The van der Waals surface area contributed by atoms with Gasteiger partial charge in [0.15, 0.2) is 0 Å². The van der Waals surface area contributed by atoms with Gasteiger partial charge in [0.2, 0.25) is 5.91 Å².